The van der Waals surface area contributed by atoms with Crippen molar-refractivity contribution in [1.82, 2.24) is 0 Å². The van der Waals surface area contributed by atoms with E-state index in [0.717, 1.165) is 30.6 Å². The van der Waals surface area contributed by atoms with E-state index in [4.69, 9.17) is 4.74 Å². The first-order valence-electron chi connectivity index (χ1n) is 11.4. The van der Waals surface area contributed by atoms with E-state index < -0.39 is 0 Å². The Morgan fingerprint density at radius 2 is 1.22 bits per heavy atom. The van der Waals surface area contributed by atoms with Crippen LogP contribution in [0.4, 0.5) is 0 Å². The van der Waals surface area contributed by atoms with E-state index in [1.54, 1.807) is 0 Å². The van der Waals surface area contributed by atoms with E-state index in [2.05, 4.69) is 6.92 Å². The number of benzene rings is 1. The average Bonchev–Trinajstić information content (AvgIpc) is 2.73. The number of ether oxygens (including phenoxy) is 1. The third-order valence-corrected chi connectivity index (χ3v) is 6.07. The Balaban J connectivity index is 0.000000855. The molecule has 0 heterocycles. The van der Waals surface area contributed by atoms with Gasteiger partial charge >= 0.3 is 5.97 Å². The minimum Gasteiger partial charge on any atom is -0.426 e. The van der Waals surface area contributed by atoms with Gasteiger partial charge in [0.05, 0.1) is 5.92 Å². The zero-order valence-electron chi connectivity index (χ0n) is 18.6. The SMILES string of the molecule is CC.CC.Cc1ccc(OC(=O)C2CCC(C3CCC(C)CC3)CC2)cc1. The molecule has 2 nitrogen and oxygen atoms in total. The van der Waals surface area contributed by atoms with Crippen LogP contribution in [-0.4, -0.2) is 5.97 Å². The molecule has 154 valence electrons. The van der Waals surface area contributed by atoms with Gasteiger partial charge in [0, 0.05) is 0 Å². The molecule has 1 aromatic carbocycles. The van der Waals surface area contributed by atoms with Gasteiger partial charge in [-0.2, -0.15) is 0 Å². The van der Waals surface area contributed by atoms with Crippen molar-refractivity contribution in [3.8, 4) is 5.75 Å². The Morgan fingerprint density at radius 3 is 1.70 bits per heavy atom. The molecule has 2 heteroatoms. The van der Waals surface area contributed by atoms with Crippen molar-refractivity contribution in [3.63, 3.8) is 0 Å². The van der Waals surface area contributed by atoms with Crippen molar-refractivity contribution in [2.24, 2.45) is 23.7 Å². The summed E-state index contributed by atoms with van der Waals surface area (Å²) in [6, 6.07) is 7.76. The van der Waals surface area contributed by atoms with Gasteiger partial charge in [-0.1, -0.05) is 65.2 Å². The largest absolute Gasteiger partial charge is 0.426 e. The molecule has 2 fully saturated rings. The Morgan fingerprint density at radius 1 is 0.778 bits per heavy atom. The normalized spacial score (nSPS) is 27.3. The highest BCUT2D eigenvalue weighted by Gasteiger charge is 2.32. The molecule has 3 rings (SSSR count). The summed E-state index contributed by atoms with van der Waals surface area (Å²) in [6.45, 7) is 12.4. The second kappa shape index (κ2) is 13.0. The van der Waals surface area contributed by atoms with Crippen LogP contribution in [0.3, 0.4) is 0 Å². The van der Waals surface area contributed by atoms with Gasteiger partial charge in [-0.15, -0.1) is 0 Å². The fourth-order valence-corrected chi connectivity index (χ4v) is 4.39. The van der Waals surface area contributed by atoms with Crippen molar-refractivity contribution < 1.29 is 9.53 Å². The Kier molecular flexibility index (Phi) is 11.4. The lowest BCUT2D eigenvalue weighted by Gasteiger charge is -2.36. The lowest BCUT2D eigenvalue weighted by atomic mass is 9.69. The summed E-state index contributed by atoms with van der Waals surface area (Å²) in [6.07, 6.45) is 10.1. The summed E-state index contributed by atoms with van der Waals surface area (Å²) in [5.74, 6) is 3.46. The summed E-state index contributed by atoms with van der Waals surface area (Å²) < 4.78 is 5.56. The molecule has 0 N–H and O–H groups in total. The first kappa shape index (κ1) is 23.7. The molecule has 0 bridgehead atoms. The molecule has 0 spiro atoms. The molecule has 0 aromatic heterocycles. The first-order valence-corrected chi connectivity index (χ1v) is 11.4. The van der Waals surface area contributed by atoms with Gasteiger partial charge in [0.2, 0.25) is 0 Å². The fraction of sp³-hybridized carbons (Fsp3) is 0.720. The molecule has 1 aromatic rings. The van der Waals surface area contributed by atoms with Gasteiger partial charge in [0.25, 0.3) is 0 Å². The van der Waals surface area contributed by atoms with Crippen molar-refractivity contribution >= 4 is 5.97 Å². The third-order valence-electron chi connectivity index (χ3n) is 6.07. The van der Waals surface area contributed by atoms with Crippen molar-refractivity contribution in [2.75, 3.05) is 0 Å². The Bertz CT molecular complexity index is 504. The van der Waals surface area contributed by atoms with Crippen molar-refractivity contribution in [1.29, 1.82) is 0 Å². The van der Waals surface area contributed by atoms with Gasteiger partial charge < -0.3 is 4.74 Å². The highest BCUT2D eigenvalue weighted by molar-refractivity contribution is 5.75. The summed E-state index contributed by atoms with van der Waals surface area (Å²) in [4.78, 5) is 12.4. The number of hydrogen-bond donors (Lipinski definition) is 0. The fourth-order valence-electron chi connectivity index (χ4n) is 4.39. The summed E-state index contributed by atoms with van der Waals surface area (Å²) in [5, 5.41) is 0. The van der Waals surface area contributed by atoms with Gasteiger partial charge in [-0.05, 0) is 75.3 Å². The molecule has 27 heavy (non-hydrogen) atoms. The van der Waals surface area contributed by atoms with E-state index in [1.807, 2.05) is 58.9 Å². The summed E-state index contributed by atoms with van der Waals surface area (Å²) in [5.41, 5.74) is 1.19. The van der Waals surface area contributed by atoms with Crippen LogP contribution in [0.25, 0.3) is 0 Å². The van der Waals surface area contributed by atoms with Crippen LogP contribution in [0.15, 0.2) is 24.3 Å². The van der Waals surface area contributed by atoms with Crippen LogP contribution < -0.4 is 4.74 Å². The number of carbonyl (C=O) groups excluding carboxylic acids is 1. The minimum absolute atomic E-state index is 0.0235. The zero-order chi connectivity index (χ0) is 20.2. The second-order valence-electron chi connectivity index (χ2n) is 7.87. The van der Waals surface area contributed by atoms with E-state index in [0.29, 0.717) is 5.75 Å². The Labute approximate surface area is 168 Å². The van der Waals surface area contributed by atoms with E-state index >= 15 is 0 Å². The number of esters is 1. The third kappa shape index (κ3) is 7.68. The highest BCUT2D eigenvalue weighted by Crippen LogP contribution is 2.41. The molecule has 0 saturated heterocycles. The predicted octanol–water partition coefficient (Wildman–Crippen LogP) is 7.59. The molecule has 0 amide bonds. The summed E-state index contributed by atoms with van der Waals surface area (Å²) >= 11 is 0. The predicted molar refractivity (Wildman–Crippen MR) is 116 cm³/mol. The number of hydrogen-bond acceptors (Lipinski definition) is 2. The maximum atomic E-state index is 12.4. The highest BCUT2D eigenvalue weighted by atomic mass is 16.5. The molecule has 0 atom stereocenters. The van der Waals surface area contributed by atoms with Crippen molar-refractivity contribution in [3.05, 3.63) is 29.8 Å². The molecule has 2 aliphatic carbocycles. The topological polar surface area (TPSA) is 26.3 Å². The van der Waals surface area contributed by atoms with Crippen molar-refractivity contribution in [2.45, 2.75) is 92.9 Å². The molecule has 0 aliphatic heterocycles. The van der Waals surface area contributed by atoms with Gasteiger partial charge in [0.15, 0.2) is 0 Å². The maximum absolute atomic E-state index is 12.4. The number of carbonyl (C=O) groups is 1. The van der Waals surface area contributed by atoms with Crippen LogP contribution in [0.2, 0.25) is 0 Å². The van der Waals surface area contributed by atoms with Crippen LogP contribution >= 0.6 is 0 Å². The Hall–Kier alpha value is -1.31. The minimum atomic E-state index is -0.0235. The molecule has 2 saturated carbocycles. The zero-order valence-corrected chi connectivity index (χ0v) is 18.6. The quantitative estimate of drug-likeness (QED) is 0.402. The van der Waals surface area contributed by atoms with E-state index in [1.165, 1.54) is 44.1 Å². The standard InChI is InChI=1S/C21H30O2.2C2H6/c1-15-3-7-17(8-4-15)18-9-11-19(12-10-18)21(22)23-20-13-5-16(2)6-14-20;2*1-2/h5-6,13-15,17-19H,3-4,7-12H2,1-2H3;2*1-2H3. The molecular formula is C25H42O2. The lowest BCUT2D eigenvalue weighted by Crippen LogP contribution is -2.29. The monoisotopic (exact) mass is 374 g/mol. The maximum Gasteiger partial charge on any atom is 0.314 e. The molecule has 0 unspecified atom stereocenters. The molecule has 0 radical (unpaired) electrons. The van der Waals surface area contributed by atoms with Gasteiger partial charge in [-0.3, -0.25) is 4.79 Å². The lowest BCUT2D eigenvalue weighted by molar-refractivity contribution is -0.140. The molecular weight excluding hydrogens is 332 g/mol. The van der Waals surface area contributed by atoms with Crippen LogP contribution in [-0.2, 0) is 4.79 Å². The van der Waals surface area contributed by atoms with E-state index in [9.17, 15) is 4.79 Å². The first-order chi connectivity index (χ1) is 13.1. The average molecular weight is 375 g/mol. The smallest absolute Gasteiger partial charge is 0.314 e. The van der Waals surface area contributed by atoms with Crippen LogP contribution in [0, 0.1) is 30.6 Å². The second-order valence-corrected chi connectivity index (χ2v) is 7.87. The summed E-state index contributed by atoms with van der Waals surface area (Å²) in [7, 11) is 0. The van der Waals surface area contributed by atoms with Crippen LogP contribution in [0.5, 0.6) is 5.75 Å². The van der Waals surface area contributed by atoms with Gasteiger partial charge in [-0.25, -0.2) is 0 Å². The van der Waals surface area contributed by atoms with E-state index in [-0.39, 0.29) is 11.9 Å². The van der Waals surface area contributed by atoms with Gasteiger partial charge in [0.1, 0.15) is 5.75 Å². The van der Waals surface area contributed by atoms with Crippen LogP contribution in [0.1, 0.15) is 91.5 Å². The molecule has 2 aliphatic rings. The number of aryl methyl sites for hydroxylation is 1. The number of rotatable bonds is 3.